The summed E-state index contributed by atoms with van der Waals surface area (Å²) in [4.78, 5) is 18.7. The van der Waals surface area contributed by atoms with Gasteiger partial charge in [0, 0.05) is 31.9 Å². The van der Waals surface area contributed by atoms with Gasteiger partial charge in [0.25, 0.3) is 5.56 Å². The standard InChI is InChI=1S/C17H21N7O2/c1-13-19-15(21-26-13)12-22-9-5-14(6-10-22)11-24-17(25)4-3-16(20-24)23-8-2-7-18-23/h2-4,7-8,14H,5-6,9-12H2,1H3. The predicted molar refractivity (Wildman–Crippen MR) is 92.7 cm³/mol. The number of hydrogen-bond donors (Lipinski definition) is 0. The molecule has 9 heteroatoms. The number of piperidine rings is 1. The van der Waals surface area contributed by atoms with Crippen molar-refractivity contribution < 1.29 is 4.52 Å². The van der Waals surface area contributed by atoms with Gasteiger partial charge < -0.3 is 4.52 Å². The Morgan fingerprint density at radius 1 is 1.27 bits per heavy atom. The van der Waals surface area contributed by atoms with Gasteiger partial charge in [-0.1, -0.05) is 5.16 Å². The Kier molecular flexibility index (Phi) is 4.61. The minimum absolute atomic E-state index is 0.0781. The van der Waals surface area contributed by atoms with Crippen LogP contribution in [0.1, 0.15) is 24.6 Å². The lowest BCUT2D eigenvalue weighted by atomic mass is 9.97. The summed E-state index contributed by atoms with van der Waals surface area (Å²) in [6, 6.07) is 5.08. The molecule has 136 valence electrons. The molecule has 0 bridgehead atoms. The number of aryl methyl sites for hydroxylation is 1. The highest BCUT2D eigenvalue weighted by Crippen LogP contribution is 2.19. The molecule has 0 radical (unpaired) electrons. The fraction of sp³-hybridized carbons (Fsp3) is 0.471. The maximum atomic E-state index is 12.2. The van der Waals surface area contributed by atoms with Gasteiger partial charge in [0.1, 0.15) is 0 Å². The van der Waals surface area contributed by atoms with E-state index in [0.29, 0.717) is 30.7 Å². The summed E-state index contributed by atoms with van der Waals surface area (Å²) in [5.74, 6) is 2.40. The van der Waals surface area contributed by atoms with Crippen LogP contribution in [0, 0.1) is 12.8 Å². The smallest absolute Gasteiger partial charge is 0.266 e. The van der Waals surface area contributed by atoms with Gasteiger partial charge in [0.2, 0.25) is 5.89 Å². The van der Waals surface area contributed by atoms with E-state index in [-0.39, 0.29) is 5.56 Å². The molecule has 0 unspecified atom stereocenters. The molecule has 0 saturated carbocycles. The lowest BCUT2D eigenvalue weighted by Gasteiger charge is -2.31. The predicted octanol–water partition coefficient (Wildman–Crippen LogP) is 1.03. The van der Waals surface area contributed by atoms with Crippen molar-refractivity contribution in [3.63, 3.8) is 0 Å². The van der Waals surface area contributed by atoms with Crippen molar-refractivity contribution in [2.24, 2.45) is 5.92 Å². The van der Waals surface area contributed by atoms with E-state index in [0.717, 1.165) is 31.8 Å². The van der Waals surface area contributed by atoms with Crippen LogP contribution in [0.15, 0.2) is 39.9 Å². The third-order valence-corrected chi connectivity index (χ3v) is 4.66. The van der Waals surface area contributed by atoms with E-state index in [9.17, 15) is 4.79 Å². The summed E-state index contributed by atoms with van der Waals surface area (Å²) in [7, 11) is 0. The zero-order valence-corrected chi connectivity index (χ0v) is 14.7. The highest BCUT2D eigenvalue weighted by molar-refractivity contribution is 5.17. The number of nitrogens with zero attached hydrogens (tertiary/aromatic N) is 7. The van der Waals surface area contributed by atoms with Gasteiger partial charge in [0.05, 0.1) is 6.54 Å². The molecule has 4 rings (SSSR count). The monoisotopic (exact) mass is 355 g/mol. The first kappa shape index (κ1) is 16.6. The average molecular weight is 355 g/mol. The Hall–Kier alpha value is -2.81. The van der Waals surface area contributed by atoms with E-state index in [1.165, 1.54) is 0 Å². The van der Waals surface area contributed by atoms with Gasteiger partial charge in [0.15, 0.2) is 11.6 Å². The highest BCUT2D eigenvalue weighted by Gasteiger charge is 2.21. The van der Waals surface area contributed by atoms with Crippen LogP contribution in [0.3, 0.4) is 0 Å². The van der Waals surface area contributed by atoms with Crippen molar-refractivity contribution in [2.45, 2.75) is 32.9 Å². The van der Waals surface area contributed by atoms with E-state index >= 15 is 0 Å². The summed E-state index contributed by atoms with van der Waals surface area (Å²) in [5.41, 5.74) is -0.0781. The first-order chi connectivity index (χ1) is 12.7. The maximum Gasteiger partial charge on any atom is 0.266 e. The Bertz CT molecular complexity index is 907. The summed E-state index contributed by atoms with van der Waals surface area (Å²) in [6.45, 7) is 5.03. The molecule has 1 saturated heterocycles. The summed E-state index contributed by atoms with van der Waals surface area (Å²) in [6.07, 6.45) is 5.53. The average Bonchev–Trinajstić information content (AvgIpc) is 3.31. The largest absolute Gasteiger partial charge is 0.340 e. The van der Waals surface area contributed by atoms with Gasteiger partial charge in [-0.25, -0.2) is 9.36 Å². The van der Waals surface area contributed by atoms with Crippen molar-refractivity contribution in [3.05, 3.63) is 52.7 Å². The fourth-order valence-corrected chi connectivity index (χ4v) is 3.27. The third kappa shape index (κ3) is 3.72. The normalized spacial score (nSPS) is 16.2. The molecule has 0 N–H and O–H groups in total. The Labute approximate surface area is 150 Å². The molecule has 0 atom stereocenters. The molecule has 0 aliphatic carbocycles. The number of likely N-dealkylation sites (tertiary alicyclic amines) is 1. The van der Waals surface area contributed by atoms with Crippen LogP contribution in [0.25, 0.3) is 5.82 Å². The zero-order chi connectivity index (χ0) is 17.9. The molecule has 1 fully saturated rings. The first-order valence-corrected chi connectivity index (χ1v) is 8.77. The van der Waals surface area contributed by atoms with E-state index in [4.69, 9.17) is 4.52 Å². The van der Waals surface area contributed by atoms with Crippen LogP contribution in [-0.4, -0.2) is 47.7 Å². The van der Waals surface area contributed by atoms with Crippen molar-refractivity contribution in [3.8, 4) is 5.82 Å². The molecule has 4 heterocycles. The first-order valence-electron chi connectivity index (χ1n) is 8.77. The van der Waals surface area contributed by atoms with E-state index < -0.39 is 0 Å². The summed E-state index contributed by atoms with van der Waals surface area (Å²) >= 11 is 0. The fourth-order valence-electron chi connectivity index (χ4n) is 3.27. The molecular weight excluding hydrogens is 334 g/mol. The van der Waals surface area contributed by atoms with Gasteiger partial charge >= 0.3 is 0 Å². The molecule has 0 amide bonds. The van der Waals surface area contributed by atoms with Crippen molar-refractivity contribution in [1.29, 1.82) is 0 Å². The minimum atomic E-state index is -0.0781. The Morgan fingerprint density at radius 2 is 2.12 bits per heavy atom. The quantitative estimate of drug-likeness (QED) is 0.674. The molecule has 3 aromatic rings. The Morgan fingerprint density at radius 3 is 2.81 bits per heavy atom. The lowest BCUT2D eigenvalue weighted by molar-refractivity contribution is 0.159. The van der Waals surface area contributed by atoms with Crippen LogP contribution in [0.5, 0.6) is 0 Å². The molecule has 0 spiro atoms. The van der Waals surface area contributed by atoms with Crippen LogP contribution in [0.4, 0.5) is 0 Å². The van der Waals surface area contributed by atoms with Crippen molar-refractivity contribution in [1.82, 2.24) is 34.6 Å². The summed E-state index contributed by atoms with van der Waals surface area (Å²) in [5, 5.41) is 12.6. The van der Waals surface area contributed by atoms with Gasteiger partial charge in [-0.05, 0) is 44.0 Å². The topological polar surface area (TPSA) is 94.9 Å². The van der Waals surface area contributed by atoms with Gasteiger partial charge in [-0.15, -0.1) is 5.10 Å². The minimum Gasteiger partial charge on any atom is -0.340 e. The van der Waals surface area contributed by atoms with Crippen LogP contribution in [-0.2, 0) is 13.1 Å². The molecular formula is C17H21N7O2. The van der Waals surface area contributed by atoms with E-state index in [1.807, 2.05) is 12.3 Å². The molecule has 9 nitrogen and oxygen atoms in total. The van der Waals surface area contributed by atoms with E-state index in [1.54, 1.807) is 34.6 Å². The number of hydrogen-bond acceptors (Lipinski definition) is 7. The molecule has 1 aliphatic rings. The van der Waals surface area contributed by atoms with Crippen molar-refractivity contribution >= 4 is 0 Å². The zero-order valence-electron chi connectivity index (χ0n) is 14.7. The van der Waals surface area contributed by atoms with Gasteiger partial charge in [-0.2, -0.15) is 10.1 Å². The molecule has 0 aromatic carbocycles. The summed E-state index contributed by atoms with van der Waals surface area (Å²) < 4.78 is 8.23. The van der Waals surface area contributed by atoms with Gasteiger partial charge in [-0.3, -0.25) is 9.69 Å². The molecule has 1 aliphatic heterocycles. The van der Waals surface area contributed by atoms with Crippen LogP contribution < -0.4 is 5.56 Å². The van der Waals surface area contributed by atoms with Crippen LogP contribution >= 0.6 is 0 Å². The van der Waals surface area contributed by atoms with Crippen LogP contribution in [0.2, 0.25) is 0 Å². The third-order valence-electron chi connectivity index (χ3n) is 4.66. The second-order valence-electron chi connectivity index (χ2n) is 6.61. The number of rotatable bonds is 5. The second-order valence-corrected chi connectivity index (χ2v) is 6.61. The van der Waals surface area contributed by atoms with E-state index in [2.05, 4.69) is 25.2 Å². The maximum absolute atomic E-state index is 12.2. The van der Waals surface area contributed by atoms with Crippen molar-refractivity contribution in [2.75, 3.05) is 13.1 Å². The number of aromatic nitrogens is 6. The second kappa shape index (κ2) is 7.20. The highest BCUT2D eigenvalue weighted by atomic mass is 16.5. The SMILES string of the molecule is Cc1nc(CN2CCC(Cn3nc(-n4cccn4)ccc3=O)CC2)no1. The lowest BCUT2D eigenvalue weighted by Crippen LogP contribution is -2.36. The molecule has 3 aromatic heterocycles. The molecule has 26 heavy (non-hydrogen) atoms. The Balaban J connectivity index is 1.37.